The van der Waals surface area contributed by atoms with Crippen LogP contribution in [0.1, 0.15) is 36.4 Å². The molecule has 0 aromatic heterocycles. The van der Waals surface area contributed by atoms with E-state index in [9.17, 15) is 4.39 Å². The SMILES string of the molecule is CNC(c1cc(F)ccc1Cl)C1(c2ccccc2)CCC1. The summed E-state index contributed by atoms with van der Waals surface area (Å²) in [4.78, 5) is 0. The highest BCUT2D eigenvalue weighted by molar-refractivity contribution is 6.31. The largest absolute Gasteiger partial charge is 0.312 e. The average molecular weight is 304 g/mol. The van der Waals surface area contributed by atoms with Crippen molar-refractivity contribution < 1.29 is 4.39 Å². The fourth-order valence-electron chi connectivity index (χ4n) is 3.54. The smallest absolute Gasteiger partial charge is 0.123 e. The van der Waals surface area contributed by atoms with Gasteiger partial charge in [0.25, 0.3) is 0 Å². The van der Waals surface area contributed by atoms with E-state index in [4.69, 9.17) is 11.6 Å². The molecule has 1 nitrogen and oxygen atoms in total. The molecule has 1 aliphatic carbocycles. The van der Waals surface area contributed by atoms with Crippen LogP contribution in [0.3, 0.4) is 0 Å². The molecule has 0 aliphatic heterocycles. The predicted octanol–water partition coefficient (Wildman–Crippen LogP) is 4.86. The number of hydrogen-bond donors (Lipinski definition) is 1. The van der Waals surface area contributed by atoms with Crippen LogP contribution < -0.4 is 5.32 Å². The quantitative estimate of drug-likeness (QED) is 0.850. The number of hydrogen-bond acceptors (Lipinski definition) is 1. The maximum absolute atomic E-state index is 13.7. The van der Waals surface area contributed by atoms with Crippen LogP contribution in [0.15, 0.2) is 48.5 Å². The second-order valence-corrected chi connectivity index (χ2v) is 6.17. The van der Waals surface area contributed by atoms with Crippen molar-refractivity contribution in [2.75, 3.05) is 7.05 Å². The van der Waals surface area contributed by atoms with Crippen molar-refractivity contribution in [3.8, 4) is 0 Å². The Morgan fingerprint density at radius 1 is 1.14 bits per heavy atom. The molecule has 3 heteroatoms. The van der Waals surface area contributed by atoms with Gasteiger partial charge in [-0.05, 0) is 49.2 Å². The van der Waals surface area contributed by atoms with Crippen LogP contribution in [0.4, 0.5) is 4.39 Å². The standard InChI is InChI=1S/C18H19ClFN/c1-21-17(15-12-14(20)8-9-16(15)19)18(10-5-11-18)13-6-3-2-4-7-13/h2-4,6-9,12,17,21H,5,10-11H2,1H3. The lowest BCUT2D eigenvalue weighted by molar-refractivity contribution is 0.175. The second-order valence-electron chi connectivity index (χ2n) is 5.76. The van der Waals surface area contributed by atoms with E-state index in [1.54, 1.807) is 12.1 Å². The number of likely N-dealkylation sites (N-methyl/N-ethyl adjacent to an activating group) is 1. The van der Waals surface area contributed by atoms with E-state index >= 15 is 0 Å². The van der Waals surface area contributed by atoms with Gasteiger partial charge in [0, 0.05) is 16.5 Å². The van der Waals surface area contributed by atoms with E-state index in [-0.39, 0.29) is 17.3 Å². The van der Waals surface area contributed by atoms with E-state index in [2.05, 4.69) is 29.6 Å². The van der Waals surface area contributed by atoms with Crippen molar-refractivity contribution in [1.29, 1.82) is 0 Å². The van der Waals surface area contributed by atoms with Crippen LogP contribution >= 0.6 is 11.6 Å². The Morgan fingerprint density at radius 3 is 2.43 bits per heavy atom. The van der Waals surface area contributed by atoms with E-state index in [1.807, 2.05) is 13.1 Å². The number of nitrogens with one attached hydrogen (secondary N) is 1. The minimum Gasteiger partial charge on any atom is -0.312 e. The summed E-state index contributed by atoms with van der Waals surface area (Å²) in [5.41, 5.74) is 2.16. The first kappa shape index (κ1) is 14.6. The van der Waals surface area contributed by atoms with Crippen LogP contribution in [-0.4, -0.2) is 7.05 Å². The first-order valence-corrected chi connectivity index (χ1v) is 7.73. The maximum Gasteiger partial charge on any atom is 0.123 e. The van der Waals surface area contributed by atoms with Crippen molar-refractivity contribution in [3.05, 3.63) is 70.5 Å². The van der Waals surface area contributed by atoms with Crippen molar-refractivity contribution in [1.82, 2.24) is 5.32 Å². The van der Waals surface area contributed by atoms with E-state index < -0.39 is 0 Å². The van der Waals surface area contributed by atoms with Crippen molar-refractivity contribution in [2.24, 2.45) is 0 Å². The molecule has 21 heavy (non-hydrogen) atoms. The van der Waals surface area contributed by atoms with Crippen molar-refractivity contribution >= 4 is 11.6 Å². The first-order valence-electron chi connectivity index (χ1n) is 7.35. The van der Waals surface area contributed by atoms with Crippen LogP contribution in [0.25, 0.3) is 0 Å². The highest BCUT2D eigenvalue weighted by Crippen LogP contribution is 2.52. The fourth-order valence-corrected chi connectivity index (χ4v) is 3.76. The maximum atomic E-state index is 13.7. The fraction of sp³-hybridized carbons (Fsp3) is 0.333. The molecule has 0 saturated heterocycles. The van der Waals surface area contributed by atoms with Crippen molar-refractivity contribution in [3.63, 3.8) is 0 Å². The Kier molecular flexibility index (Phi) is 4.01. The summed E-state index contributed by atoms with van der Waals surface area (Å²) in [6, 6.07) is 15.1. The Morgan fingerprint density at radius 2 is 1.86 bits per heavy atom. The third-order valence-electron chi connectivity index (χ3n) is 4.70. The zero-order chi connectivity index (χ0) is 14.9. The normalized spacial score (nSPS) is 18.0. The lowest BCUT2D eigenvalue weighted by atomic mass is 9.59. The Balaban J connectivity index is 2.08. The third kappa shape index (κ3) is 2.47. The van der Waals surface area contributed by atoms with Crippen LogP contribution in [0, 0.1) is 5.82 Å². The monoisotopic (exact) mass is 303 g/mol. The van der Waals surface area contributed by atoms with Crippen LogP contribution in [0.2, 0.25) is 5.02 Å². The molecule has 1 saturated carbocycles. The van der Waals surface area contributed by atoms with E-state index in [1.165, 1.54) is 18.1 Å². The highest BCUT2D eigenvalue weighted by atomic mass is 35.5. The van der Waals surface area contributed by atoms with Gasteiger partial charge in [-0.2, -0.15) is 0 Å². The lowest BCUT2D eigenvalue weighted by Crippen LogP contribution is -2.45. The summed E-state index contributed by atoms with van der Waals surface area (Å²) in [5.74, 6) is -0.239. The molecular formula is C18H19ClFN. The molecule has 0 bridgehead atoms. The molecular weight excluding hydrogens is 285 g/mol. The van der Waals surface area contributed by atoms with Gasteiger partial charge in [-0.1, -0.05) is 48.4 Å². The molecule has 3 rings (SSSR count). The van der Waals surface area contributed by atoms with Gasteiger partial charge in [-0.3, -0.25) is 0 Å². The van der Waals surface area contributed by atoms with Crippen molar-refractivity contribution in [2.45, 2.75) is 30.7 Å². The molecule has 1 N–H and O–H groups in total. The predicted molar refractivity (Wildman–Crippen MR) is 85.2 cm³/mol. The van der Waals surface area contributed by atoms with Crippen LogP contribution in [0.5, 0.6) is 0 Å². The molecule has 110 valence electrons. The molecule has 1 atom stereocenters. The molecule has 1 fully saturated rings. The van der Waals surface area contributed by atoms with Crippen LogP contribution in [-0.2, 0) is 5.41 Å². The minimum absolute atomic E-state index is 0.00738. The molecule has 2 aromatic carbocycles. The topological polar surface area (TPSA) is 12.0 Å². The molecule has 0 amide bonds. The van der Waals surface area contributed by atoms with Gasteiger partial charge in [0.15, 0.2) is 0 Å². The summed E-state index contributed by atoms with van der Waals surface area (Å²) < 4.78 is 13.7. The molecule has 0 radical (unpaired) electrons. The molecule has 0 heterocycles. The number of rotatable bonds is 4. The lowest BCUT2D eigenvalue weighted by Gasteiger charge is -2.48. The highest BCUT2D eigenvalue weighted by Gasteiger charge is 2.46. The Bertz CT molecular complexity index is 622. The molecule has 2 aromatic rings. The van der Waals surface area contributed by atoms with E-state index in [0.717, 1.165) is 18.4 Å². The van der Waals surface area contributed by atoms with Gasteiger partial charge < -0.3 is 5.32 Å². The Hall–Kier alpha value is -1.38. The van der Waals surface area contributed by atoms with Gasteiger partial charge >= 0.3 is 0 Å². The van der Waals surface area contributed by atoms with Gasteiger partial charge in [-0.15, -0.1) is 0 Å². The summed E-state index contributed by atoms with van der Waals surface area (Å²) in [5, 5.41) is 4.00. The summed E-state index contributed by atoms with van der Waals surface area (Å²) >= 11 is 6.34. The minimum atomic E-state index is -0.239. The summed E-state index contributed by atoms with van der Waals surface area (Å²) in [6.07, 6.45) is 3.38. The third-order valence-corrected chi connectivity index (χ3v) is 5.05. The first-order chi connectivity index (χ1) is 10.2. The van der Waals surface area contributed by atoms with Gasteiger partial charge in [0.05, 0.1) is 0 Å². The molecule has 0 spiro atoms. The van der Waals surface area contributed by atoms with Gasteiger partial charge in [-0.25, -0.2) is 4.39 Å². The second kappa shape index (κ2) is 5.78. The summed E-state index contributed by atoms with van der Waals surface area (Å²) in [7, 11) is 1.93. The Labute approximate surface area is 130 Å². The summed E-state index contributed by atoms with van der Waals surface area (Å²) in [6.45, 7) is 0. The average Bonchev–Trinajstić information content (AvgIpc) is 2.46. The molecule has 1 aliphatic rings. The zero-order valence-corrected chi connectivity index (χ0v) is 12.8. The number of halogens is 2. The molecule has 1 unspecified atom stereocenters. The van der Waals surface area contributed by atoms with Gasteiger partial charge in [0.1, 0.15) is 5.82 Å². The number of benzene rings is 2. The van der Waals surface area contributed by atoms with E-state index in [0.29, 0.717) is 5.02 Å². The van der Waals surface area contributed by atoms with Gasteiger partial charge in [0.2, 0.25) is 0 Å². The zero-order valence-electron chi connectivity index (χ0n) is 12.1.